The van der Waals surface area contributed by atoms with Crippen LogP contribution in [-0.4, -0.2) is 9.97 Å². The van der Waals surface area contributed by atoms with Crippen molar-refractivity contribution in [1.29, 1.82) is 0 Å². The second-order valence-electron chi connectivity index (χ2n) is 12.9. The molecule has 0 unspecified atom stereocenters. The number of benzene rings is 6. The molecule has 0 fully saturated rings. The van der Waals surface area contributed by atoms with E-state index in [0.29, 0.717) is 0 Å². The molecule has 0 radical (unpaired) electrons. The molecule has 0 saturated carbocycles. The van der Waals surface area contributed by atoms with E-state index in [1.807, 2.05) is 48.8 Å². The summed E-state index contributed by atoms with van der Waals surface area (Å²) in [6.45, 7) is 0. The first-order valence-electron chi connectivity index (χ1n) is 16.9. The van der Waals surface area contributed by atoms with E-state index in [9.17, 15) is 0 Å². The molecule has 0 aliphatic heterocycles. The molecule has 1 aliphatic rings. The van der Waals surface area contributed by atoms with Crippen molar-refractivity contribution in [1.82, 2.24) is 9.97 Å². The molecule has 0 amide bonds. The molecule has 1 aliphatic carbocycles. The van der Waals surface area contributed by atoms with Crippen LogP contribution in [0.3, 0.4) is 0 Å². The Balaban J connectivity index is 1.15. The Labute approximate surface area is 314 Å². The van der Waals surface area contributed by atoms with E-state index in [1.165, 1.54) is 55.6 Å². The largest absolute Gasteiger partial charge is 0.256 e. The predicted molar refractivity (Wildman–Crippen MR) is 216 cm³/mol. The van der Waals surface area contributed by atoms with Crippen molar-refractivity contribution in [2.24, 2.45) is 0 Å². The molecule has 0 atom stereocenters. The van der Waals surface area contributed by atoms with E-state index in [-0.39, 0.29) is 0 Å². The summed E-state index contributed by atoms with van der Waals surface area (Å²) >= 11 is 7.66. The maximum absolute atomic E-state index is 4.52. The fourth-order valence-electron chi connectivity index (χ4n) is 7.62. The molecule has 2 aromatic heterocycles. The summed E-state index contributed by atoms with van der Waals surface area (Å²) in [5, 5.41) is 0. The van der Waals surface area contributed by atoms with E-state index in [0.717, 1.165) is 31.5 Å². The van der Waals surface area contributed by atoms with Crippen LogP contribution in [0.15, 0.2) is 191 Å². The molecule has 2 heterocycles. The van der Waals surface area contributed by atoms with E-state index in [1.54, 1.807) is 0 Å². The smallest absolute Gasteiger partial charge is 0.0714 e. The first-order chi connectivity index (χ1) is 25.1. The van der Waals surface area contributed by atoms with E-state index >= 15 is 0 Å². The SMILES string of the molecule is Brc1ccc2c(c1)C(c1ccc(-c3ccc(-c4ccccn4)cc3)cc1)(c1ccc(-c3ccc(-c4ccccn4)cc3)cc1)c1cc(Br)ccc1-2. The second kappa shape index (κ2) is 13.0. The van der Waals surface area contributed by atoms with Crippen molar-refractivity contribution in [2.75, 3.05) is 0 Å². The van der Waals surface area contributed by atoms with Gasteiger partial charge in [0.2, 0.25) is 0 Å². The molecule has 0 bridgehead atoms. The molecule has 9 rings (SSSR count). The lowest BCUT2D eigenvalue weighted by atomic mass is 9.67. The van der Waals surface area contributed by atoms with Crippen molar-refractivity contribution >= 4 is 31.9 Å². The maximum Gasteiger partial charge on any atom is 0.0714 e. The van der Waals surface area contributed by atoms with E-state index in [4.69, 9.17) is 0 Å². The van der Waals surface area contributed by atoms with Crippen LogP contribution in [0.25, 0.3) is 55.9 Å². The van der Waals surface area contributed by atoms with Crippen LogP contribution in [0.4, 0.5) is 0 Å². The molecular weight excluding hydrogens is 752 g/mol. The van der Waals surface area contributed by atoms with Gasteiger partial charge < -0.3 is 0 Å². The minimum atomic E-state index is -0.527. The molecule has 0 spiro atoms. The van der Waals surface area contributed by atoms with Gasteiger partial charge in [-0.05, 0) is 104 Å². The van der Waals surface area contributed by atoms with Crippen LogP contribution < -0.4 is 0 Å². The monoisotopic (exact) mass is 780 g/mol. The van der Waals surface area contributed by atoms with Gasteiger partial charge in [0, 0.05) is 32.5 Å². The van der Waals surface area contributed by atoms with Crippen molar-refractivity contribution in [2.45, 2.75) is 5.41 Å². The van der Waals surface area contributed by atoms with Gasteiger partial charge >= 0.3 is 0 Å². The number of pyridine rings is 2. The highest BCUT2D eigenvalue weighted by atomic mass is 79.9. The third-order valence-corrected chi connectivity index (χ3v) is 11.0. The molecule has 2 nitrogen and oxygen atoms in total. The summed E-state index contributed by atoms with van der Waals surface area (Å²) in [5.41, 5.74) is 15.8. The van der Waals surface area contributed by atoms with Gasteiger partial charge in [-0.1, -0.05) is 153 Å². The molecule has 0 saturated heterocycles. The Morgan fingerprint density at radius 3 is 1.06 bits per heavy atom. The van der Waals surface area contributed by atoms with Crippen molar-refractivity contribution in [3.05, 3.63) is 213 Å². The summed E-state index contributed by atoms with van der Waals surface area (Å²) in [6, 6.07) is 61.1. The fraction of sp³-hybridized carbons (Fsp3) is 0.0213. The summed E-state index contributed by atoms with van der Waals surface area (Å²) in [5.74, 6) is 0. The van der Waals surface area contributed by atoms with Gasteiger partial charge in [0.1, 0.15) is 0 Å². The summed E-state index contributed by atoms with van der Waals surface area (Å²) in [4.78, 5) is 9.04. The maximum atomic E-state index is 4.52. The van der Waals surface area contributed by atoms with Crippen LogP contribution in [0.2, 0.25) is 0 Å². The quantitative estimate of drug-likeness (QED) is 0.168. The Hall–Kier alpha value is -5.42. The minimum absolute atomic E-state index is 0.527. The van der Waals surface area contributed by atoms with Crippen LogP contribution in [0, 0.1) is 0 Å². The normalized spacial score (nSPS) is 12.7. The van der Waals surface area contributed by atoms with Crippen LogP contribution in [-0.2, 0) is 5.41 Å². The van der Waals surface area contributed by atoms with Gasteiger partial charge in [-0.2, -0.15) is 0 Å². The molecular formula is C47H30Br2N2. The van der Waals surface area contributed by atoms with Gasteiger partial charge in [-0.25, -0.2) is 0 Å². The van der Waals surface area contributed by atoms with Crippen LogP contribution >= 0.6 is 31.9 Å². The average molecular weight is 783 g/mol. The zero-order valence-electron chi connectivity index (χ0n) is 27.5. The molecule has 242 valence electrons. The summed E-state index contributed by atoms with van der Waals surface area (Å²) < 4.78 is 2.12. The molecule has 8 aromatic rings. The number of nitrogens with zero attached hydrogens (tertiary/aromatic N) is 2. The highest BCUT2D eigenvalue weighted by Gasteiger charge is 2.46. The first kappa shape index (κ1) is 31.6. The molecule has 6 aromatic carbocycles. The Bertz CT molecular complexity index is 2310. The minimum Gasteiger partial charge on any atom is -0.256 e. The third-order valence-electron chi connectivity index (χ3n) is 10.1. The van der Waals surface area contributed by atoms with Crippen molar-refractivity contribution in [3.8, 4) is 55.9 Å². The van der Waals surface area contributed by atoms with E-state index in [2.05, 4.69) is 175 Å². The lowest BCUT2D eigenvalue weighted by molar-refractivity contribution is 0.767. The molecule has 4 heteroatoms. The topological polar surface area (TPSA) is 25.8 Å². The lowest BCUT2D eigenvalue weighted by Gasteiger charge is -2.34. The Kier molecular flexibility index (Phi) is 8.07. The van der Waals surface area contributed by atoms with Gasteiger partial charge in [0.25, 0.3) is 0 Å². The predicted octanol–water partition coefficient (Wildman–Crippen LogP) is 13.0. The first-order valence-corrected chi connectivity index (χ1v) is 18.5. The average Bonchev–Trinajstić information content (AvgIpc) is 3.48. The number of rotatable bonds is 6. The van der Waals surface area contributed by atoms with Crippen LogP contribution in [0.1, 0.15) is 22.3 Å². The molecule has 0 N–H and O–H groups in total. The zero-order valence-corrected chi connectivity index (χ0v) is 30.6. The van der Waals surface area contributed by atoms with Crippen molar-refractivity contribution < 1.29 is 0 Å². The number of aromatic nitrogens is 2. The number of hydrogen-bond acceptors (Lipinski definition) is 2. The summed E-state index contributed by atoms with van der Waals surface area (Å²) in [7, 11) is 0. The van der Waals surface area contributed by atoms with Gasteiger partial charge in [0.15, 0.2) is 0 Å². The second-order valence-corrected chi connectivity index (χ2v) is 14.7. The Morgan fingerprint density at radius 1 is 0.353 bits per heavy atom. The van der Waals surface area contributed by atoms with Gasteiger partial charge in [-0.3, -0.25) is 9.97 Å². The highest BCUT2D eigenvalue weighted by molar-refractivity contribution is 9.10. The van der Waals surface area contributed by atoms with Crippen molar-refractivity contribution in [3.63, 3.8) is 0 Å². The van der Waals surface area contributed by atoms with E-state index < -0.39 is 5.41 Å². The van der Waals surface area contributed by atoms with Gasteiger partial charge in [0.05, 0.1) is 16.8 Å². The number of hydrogen-bond donors (Lipinski definition) is 0. The fourth-order valence-corrected chi connectivity index (χ4v) is 8.34. The van der Waals surface area contributed by atoms with Crippen LogP contribution in [0.5, 0.6) is 0 Å². The lowest BCUT2D eigenvalue weighted by Crippen LogP contribution is -2.28. The number of halogens is 2. The highest BCUT2D eigenvalue weighted by Crippen LogP contribution is 2.57. The number of fused-ring (bicyclic) bond motifs is 3. The summed E-state index contributed by atoms with van der Waals surface area (Å²) in [6.07, 6.45) is 3.67. The Morgan fingerprint density at radius 2 is 0.706 bits per heavy atom. The standard InChI is InChI=1S/C47H30Br2N2/c48-39-23-25-41-42-26-24-40(49)30-44(42)47(43(41)29-39,37-19-15-33(16-20-37)31-7-11-35(12-8-31)45-5-1-3-27-50-45)38-21-17-34(18-22-38)32-9-13-36(14-10-32)46-6-2-4-28-51-46/h1-30H. The zero-order chi connectivity index (χ0) is 34.4. The molecule has 51 heavy (non-hydrogen) atoms. The van der Waals surface area contributed by atoms with Gasteiger partial charge in [-0.15, -0.1) is 0 Å². The third kappa shape index (κ3) is 5.56.